The summed E-state index contributed by atoms with van der Waals surface area (Å²) >= 11 is 0. The molecule has 5 heteroatoms. The van der Waals surface area contributed by atoms with E-state index >= 15 is 0 Å². The van der Waals surface area contributed by atoms with E-state index in [0.717, 1.165) is 12.1 Å². The highest BCUT2D eigenvalue weighted by molar-refractivity contribution is 5.81. The molecule has 100 valence electrons. The molecule has 0 spiro atoms. The zero-order valence-electron chi connectivity index (χ0n) is 10.1. The van der Waals surface area contributed by atoms with E-state index in [2.05, 4.69) is 0 Å². The van der Waals surface area contributed by atoms with Crippen LogP contribution >= 0.6 is 0 Å². The zero-order valence-corrected chi connectivity index (χ0v) is 10.1. The third-order valence-electron chi connectivity index (χ3n) is 2.67. The van der Waals surface area contributed by atoms with Gasteiger partial charge in [-0.3, -0.25) is 4.79 Å². The van der Waals surface area contributed by atoms with Crippen molar-refractivity contribution in [2.75, 3.05) is 0 Å². The van der Waals surface area contributed by atoms with Gasteiger partial charge in [-0.05, 0) is 18.1 Å². The van der Waals surface area contributed by atoms with Crippen molar-refractivity contribution < 1.29 is 18.0 Å². The van der Waals surface area contributed by atoms with Crippen molar-refractivity contribution in [2.45, 2.75) is 38.4 Å². The number of hydrogen-bond acceptors (Lipinski definition) is 2. The molecule has 0 heterocycles. The lowest BCUT2D eigenvalue weighted by atomic mass is 10.0. The van der Waals surface area contributed by atoms with Crippen LogP contribution in [-0.4, -0.2) is 11.8 Å². The molecule has 0 aliphatic carbocycles. The molecule has 2 N–H and O–H groups in total. The third kappa shape index (κ3) is 4.49. The van der Waals surface area contributed by atoms with Crippen LogP contribution in [0.1, 0.15) is 30.9 Å². The molecular weight excluding hydrogens is 243 g/mol. The summed E-state index contributed by atoms with van der Waals surface area (Å²) in [5.74, 6) is -0.135. The maximum Gasteiger partial charge on any atom is 0.416 e. The molecular formula is C13H16F3NO. The first-order valence-corrected chi connectivity index (χ1v) is 5.76. The van der Waals surface area contributed by atoms with Crippen LogP contribution in [0.15, 0.2) is 24.3 Å². The molecule has 2 nitrogen and oxygen atoms in total. The van der Waals surface area contributed by atoms with Gasteiger partial charge < -0.3 is 5.73 Å². The molecule has 0 aliphatic heterocycles. The van der Waals surface area contributed by atoms with Gasteiger partial charge in [0, 0.05) is 18.9 Å². The normalized spacial score (nSPS) is 13.4. The second kappa shape index (κ2) is 6.00. The van der Waals surface area contributed by atoms with Gasteiger partial charge in [-0.15, -0.1) is 0 Å². The van der Waals surface area contributed by atoms with E-state index in [1.165, 1.54) is 12.1 Å². The lowest BCUT2D eigenvalue weighted by Gasteiger charge is -2.10. The van der Waals surface area contributed by atoms with Crippen LogP contribution in [0.25, 0.3) is 0 Å². The van der Waals surface area contributed by atoms with Crippen LogP contribution in [-0.2, 0) is 17.4 Å². The Morgan fingerprint density at radius 2 is 2.06 bits per heavy atom. The molecule has 0 amide bonds. The SMILES string of the molecule is CCC(N)CC(=O)Cc1cccc(C(F)(F)F)c1. The molecule has 0 radical (unpaired) electrons. The van der Waals surface area contributed by atoms with Crippen LogP contribution in [0.5, 0.6) is 0 Å². The summed E-state index contributed by atoms with van der Waals surface area (Å²) in [6.07, 6.45) is -3.50. The number of benzene rings is 1. The molecule has 0 saturated heterocycles. The number of alkyl halides is 3. The van der Waals surface area contributed by atoms with E-state index in [4.69, 9.17) is 5.73 Å². The summed E-state index contributed by atoms with van der Waals surface area (Å²) in [5.41, 5.74) is 5.27. The quantitative estimate of drug-likeness (QED) is 0.883. The average molecular weight is 259 g/mol. The van der Waals surface area contributed by atoms with Gasteiger partial charge in [-0.1, -0.05) is 25.1 Å². The van der Waals surface area contributed by atoms with Gasteiger partial charge >= 0.3 is 6.18 Å². The summed E-state index contributed by atoms with van der Waals surface area (Å²) in [6, 6.07) is 4.61. The van der Waals surface area contributed by atoms with Gasteiger partial charge in [0.2, 0.25) is 0 Å². The Hall–Kier alpha value is -1.36. The smallest absolute Gasteiger partial charge is 0.327 e. The summed E-state index contributed by atoms with van der Waals surface area (Å²) in [7, 11) is 0. The van der Waals surface area contributed by atoms with E-state index in [1.54, 1.807) is 0 Å². The molecule has 0 aromatic heterocycles. The van der Waals surface area contributed by atoms with E-state index in [9.17, 15) is 18.0 Å². The molecule has 1 aromatic carbocycles. The molecule has 1 atom stereocenters. The van der Waals surface area contributed by atoms with Gasteiger partial charge in [-0.25, -0.2) is 0 Å². The van der Waals surface area contributed by atoms with E-state index < -0.39 is 11.7 Å². The number of halogens is 3. The Morgan fingerprint density at radius 1 is 1.39 bits per heavy atom. The van der Waals surface area contributed by atoms with E-state index in [-0.39, 0.29) is 24.7 Å². The van der Waals surface area contributed by atoms with Crippen molar-refractivity contribution in [1.29, 1.82) is 0 Å². The standard InChI is InChI=1S/C13H16F3NO/c1-2-11(17)8-12(18)7-9-4-3-5-10(6-9)13(14,15)16/h3-6,11H,2,7-8,17H2,1H3. The van der Waals surface area contributed by atoms with Crippen LogP contribution < -0.4 is 5.73 Å². The van der Waals surface area contributed by atoms with E-state index in [0.29, 0.717) is 12.0 Å². The minimum atomic E-state index is -4.38. The lowest BCUT2D eigenvalue weighted by molar-refractivity contribution is -0.137. The Kier molecular flexibility index (Phi) is 4.90. The van der Waals surface area contributed by atoms with Crippen molar-refractivity contribution in [1.82, 2.24) is 0 Å². The van der Waals surface area contributed by atoms with Crippen molar-refractivity contribution >= 4 is 5.78 Å². The third-order valence-corrected chi connectivity index (χ3v) is 2.67. The maximum atomic E-state index is 12.5. The fourth-order valence-corrected chi connectivity index (χ4v) is 1.59. The van der Waals surface area contributed by atoms with Crippen molar-refractivity contribution in [3.8, 4) is 0 Å². The van der Waals surface area contributed by atoms with Crippen molar-refractivity contribution in [2.24, 2.45) is 5.73 Å². The van der Waals surface area contributed by atoms with Gasteiger partial charge in [0.15, 0.2) is 0 Å². The summed E-state index contributed by atoms with van der Waals surface area (Å²) in [4.78, 5) is 11.6. The molecule has 0 aliphatic rings. The minimum absolute atomic E-state index is 0.00236. The number of rotatable bonds is 5. The van der Waals surface area contributed by atoms with Crippen LogP contribution in [0.2, 0.25) is 0 Å². The number of hydrogen-bond donors (Lipinski definition) is 1. The van der Waals surface area contributed by atoms with Crippen LogP contribution in [0.4, 0.5) is 13.2 Å². The highest BCUT2D eigenvalue weighted by Gasteiger charge is 2.30. The van der Waals surface area contributed by atoms with Crippen LogP contribution in [0.3, 0.4) is 0 Å². The first-order valence-electron chi connectivity index (χ1n) is 5.76. The molecule has 0 fully saturated rings. The van der Waals surface area contributed by atoms with Gasteiger partial charge in [0.05, 0.1) is 5.56 Å². The fraction of sp³-hybridized carbons (Fsp3) is 0.462. The Labute approximate surface area is 104 Å². The van der Waals surface area contributed by atoms with Crippen molar-refractivity contribution in [3.63, 3.8) is 0 Å². The van der Waals surface area contributed by atoms with Gasteiger partial charge in [0.1, 0.15) is 5.78 Å². The topological polar surface area (TPSA) is 43.1 Å². The minimum Gasteiger partial charge on any atom is -0.327 e. The zero-order chi connectivity index (χ0) is 13.8. The second-order valence-corrected chi connectivity index (χ2v) is 4.29. The predicted molar refractivity (Wildman–Crippen MR) is 63.0 cm³/mol. The number of Topliss-reactive ketones (excluding diaryl/α,β-unsaturated/α-hetero) is 1. The number of ketones is 1. The highest BCUT2D eigenvalue weighted by atomic mass is 19.4. The summed E-state index contributed by atoms with van der Waals surface area (Å²) in [5, 5.41) is 0. The predicted octanol–water partition coefficient (Wildman–Crippen LogP) is 2.94. The number of carbonyl (C=O) groups excluding carboxylic acids is 1. The van der Waals surface area contributed by atoms with E-state index in [1.807, 2.05) is 6.92 Å². The first-order chi connectivity index (χ1) is 8.32. The Bertz CT molecular complexity index is 415. The monoisotopic (exact) mass is 259 g/mol. The maximum absolute atomic E-state index is 12.5. The largest absolute Gasteiger partial charge is 0.416 e. The molecule has 18 heavy (non-hydrogen) atoms. The first kappa shape index (κ1) is 14.7. The van der Waals surface area contributed by atoms with Gasteiger partial charge in [-0.2, -0.15) is 13.2 Å². The lowest BCUT2D eigenvalue weighted by Crippen LogP contribution is -2.23. The second-order valence-electron chi connectivity index (χ2n) is 4.29. The summed E-state index contributed by atoms with van der Waals surface area (Å²) < 4.78 is 37.4. The number of nitrogens with two attached hydrogens (primary N) is 1. The Balaban J connectivity index is 2.71. The van der Waals surface area contributed by atoms with Crippen molar-refractivity contribution in [3.05, 3.63) is 35.4 Å². The summed E-state index contributed by atoms with van der Waals surface area (Å²) in [6.45, 7) is 1.86. The molecule has 1 unspecified atom stereocenters. The highest BCUT2D eigenvalue weighted by Crippen LogP contribution is 2.29. The Morgan fingerprint density at radius 3 is 2.61 bits per heavy atom. The van der Waals surface area contributed by atoms with Crippen LogP contribution in [0, 0.1) is 0 Å². The van der Waals surface area contributed by atoms with Gasteiger partial charge in [0.25, 0.3) is 0 Å². The molecule has 0 saturated carbocycles. The molecule has 1 rings (SSSR count). The molecule has 0 bridgehead atoms. The molecule has 1 aromatic rings. The fourth-order valence-electron chi connectivity index (χ4n) is 1.59. The number of carbonyl (C=O) groups is 1. The average Bonchev–Trinajstić information content (AvgIpc) is 2.27.